The van der Waals surface area contributed by atoms with Gasteiger partial charge in [0.2, 0.25) is 0 Å². The summed E-state index contributed by atoms with van der Waals surface area (Å²) < 4.78 is 0. The lowest BCUT2D eigenvalue weighted by atomic mass is 9.88. The molecule has 0 aliphatic carbocycles. The largest absolute Gasteiger partial charge is 0.399 e. The first kappa shape index (κ1) is 41.7. The lowest BCUT2D eigenvalue weighted by Gasteiger charge is -2.21. The average molecular weight is 773 g/mol. The molecule has 0 unspecified atom stereocenters. The van der Waals surface area contributed by atoms with Crippen LogP contribution in [0.1, 0.15) is 146 Å². The molecule has 0 saturated heterocycles. The quantitative estimate of drug-likeness (QED) is 0.0455. The molecule has 0 aliphatic rings. The van der Waals surface area contributed by atoms with E-state index >= 15 is 0 Å². The van der Waals surface area contributed by atoms with Gasteiger partial charge in [-0.1, -0.05) is 128 Å². The van der Waals surface area contributed by atoms with Gasteiger partial charge in [-0.3, -0.25) is 0 Å². The zero-order chi connectivity index (χ0) is 41.7. The molecular weight excluding hydrogens is 709 g/mol. The molecule has 0 atom stereocenters. The fourth-order valence-corrected chi connectivity index (χ4v) is 8.01. The molecule has 0 saturated carbocycles. The molecule has 6 rings (SSSR count). The minimum Gasteiger partial charge on any atom is -0.399 e. The van der Waals surface area contributed by atoms with Gasteiger partial charge < -0.3 is 33.8 Å². The second kappa shape index (κ2) is 18.1. The summed E-state index contributed by atoms with van der Waals surface area (Å²) in [4.78, 5) is 0. The van der Waals surface area contributed by atoms with Crippen molar-refractivity contribution < 1.29 is 0 Å². The zero-order valence-corrected chi connectivity index (χ0v) is 35.8. The van der Waals surface area contributed by atoms with E-state index in [0.717, 1.165) is 59.8 Å². The van der Waals surface area contributed by atoms with Gasteiger partial charge in [0.25, 0.3) is 0 Å². The van der Waals surface area contributed by atoms with Gasteiger partial charge in [0.05, 0.1) is 11.4 Å². The second-order valence-corrected chi connectivity index (χ2v) is 17.4. The van der Waals surface area contributed by atoms with E-state index in [1.807, 2.05) is 24.3 Å². The lowest BCUT2D eigenvalue weighted by molar-refractivity contribution is 0.834. The minimum atomic E-state index is 0.325. The number of nitrogens with one attached hydrogen (secondary N) is 2. The zero-order valence-electron chi connectivity index (χ0n) is 35.8. The predicted octanol–water partition coefficient (Wildman–Crippen LogP) is 12.3. The first-order valence-electron chi connectivity index (χ1n) is 20.9. The van der Waals surface area contributed by atoms with Gasteiger partial charge >= 0.3 is 0 Å². The van der Waals surface area contributed by atoms with Crippen molar-refractivity contribution in [3.05, 3.63) is 176 Å². The number of hydrogen-bond donors (Lipinski definition) is 6. The van der Waals surface area contributed by atoms with Gasteiger partial charge in [-0.2, -0.15) is 0 Å². The third-order valence-electron chi connectivity index (χ3n) is 11.3. The molecule has 0 aromatic heterocycles. The van der Waals surface area contributed by atoms with Gasteiger partial charge in [0.15, 0.2) is 0 Å². The number of hydrogen-bond acceptors (Lipinski definition) is 6. The van der Waals surface area contributed by atoms with Crippen molar-refractivity contribution in [1.29, 1.82) is 0 Å². The molecule has 10 N–H and O–H groups in total. The Morgan fingerprint density at radius 2 is 0.638 bits per heavy atom. The van der Waals surface area contributed by atoms with Crippen LogP contribution in [0.5, 0.6) is 0 Å². The van der Waals surface area contributed by atoms with Crippen LogP contribution in [-0.2, 0) is 25.7 Å². The second-order valence-electron chi connectivity index (χ2n) is 17.4. The van der Waals surface area contributed by atoms with Crippen molar-refractivity contribution in [2.45, 2.75) is 105 Å². The molecule has 302 valence electrons. The maximum absolute atomic E-state index is 6.74. The van der Waals surface area contributed by atoms with Crippen molar-refractivity contribution in [3.63, 3.8) is 0 Å². The van der Waals surface area contributed by atoms with E-state index in [-0.39, 0.29) is 0 Å². The average Bonchev–Trinajstić information content (AvgIpc) is 3.17. The fraction of sp³-hybridized carbons (Fsp3) is 0.308. The smallest absolute Gasteiger partial charge is 0.0575 e. The van der Waals surface area contributed by atoms with Gasteiger partial charge in [-0.25, -0.2) is 0 Å². The lowest BCUT2D eigenvalue weighted by Crippen LogP contribution is -2.13. The van der Waals surface area contributed by atoms with Crippen LogP contribution >= 0.6 is 0 Å². The van der Waals surface area contributed by atoms with Crippen LogP contribution < -0.4 is 33.8 Å². The molecule has 0 amide bonds. The first-order chi connectivity index (χ1) is 27.6. The molecule has 6 aromatic carbocycles. The normalized spacial score (nSPS) is 11.6. The van der Waals surface area contributed by atoms with E-state index in [2.05, 4.69) is 151 Å². The summed E-state index contributed by atoms with van der Waals surface area (Å²) in [6.45, 7) is 17.8. The fourth-order valence-electron chi connectivity index (χ4n) is 8.01. The third kappa shape index (κ3) is 10.2. The Bertz CT molecular complexity index is 2280. The molecule has 6 heteroatoms. The Morgan fingerprint density at radius 3 is 1.00 bits per heavy atom. The Balaban J connectivity index is 1.35. The van der Waals surface area contributed by atoms with E-state index < -0.39 is 0 Å². The number of hydrazine groups is 1. The Labute approximate surface area is 347 Å². The van der Waals surface area contributed by atoms with Crippen LogP contribution in [0, 0.1) is 0 Å². The first-order valence-corrected chi connectivity index (χ1v) is 20.9. The summed E-state index contributed by atoms with van der Waals surface area (Å²) in [6.07, 6.45) is 3.15. The maximum Gasteiger partial charge on any atom is 0.0575 e. The SMILES string of the molecule is CC(C)c1cc(Cc2ccc(NNc3ccc(Cc4ccc(N)cc4)cc3Cc3cc(C(C)C)c(N)c(C(C)C)c3)c(Cc3ccc(N)cc3)c2)cc(C(C)C)c1N. The summed E-state index contributed by atoms with van der Waals surface area (Å²) in [5.74, 6) is 1.35. The molecule has 58 heavy (non-hydrogen) atoms. The number of nitrogen functional groups attached to an aromatic ring is 4. The number of nitrogens with two attached hydrogens (primary N) is 4. The molecule has 0 heterocycles. The maximum atomic E-state index is 6.74. The molecule has 0 aliphatic heterocycles. The number of rotatable bonds is 15. The van der Waals surface area contributed by atoms with Gasteiger partial charge in [-0.05, 0) is 153 Å². The summed E-state index contributed by atoms with van der Waals surface area (Å²) in [6, 6.07) is 39.1. The van der Waals surface area contributed by atoms with Crippen molar-refractivity contribution in [1.82, 2.24) is 0 Å². The van der Waals surface area contributed by atoms with Gasteiger partial charge in [0, 0.05) is 22.7 Å². The molecule has 0 radical (unpaired) electrons. The highest BCUT2D eigenvalue weighted by Crippen LogP contribution is 2.35. The summed E-state index contributed by atoms with van der Waals surface area (Å²) >= 11 is 0. The Kier molecular flexibility index (Phi) is 13.1. The summed E-state index contributed by atoms with van der Waals surface area (Å²) in [7, 11) is 0. The van der Waals surface area contributed by atoms with E-state index in [0.29, 0.717) is 23.7 Å². The van der Waals surface area contributed by atoms with Crippen LogP contribution in [0.4, 0.5) is 34.1 Å². The predicted molar refractivity (Wildman–Crippen MR) is 251 cm³/mol. The Morgan fingerprint density at radius 1 is 0.345 bits per heavy atom. The molecule has 0 fully saturated rings. The molecule has 0 spiro atoms. The molecule has 0 bridgehead atoms. The molecule has 6 nitrogen and oxygen atoms in total. The standard InChI is InChI=1S/C52H64N6/c1-31(2)45-27-39(28-46(32(3)4)51(45)55)22-38-14-20-49(41(25-38)23-36-11-17-44(54)18-12-36)57-58-50-19-13-37(21-35-9-15-43(53)16-10-35)24-42(50)26-40-29-47(33(5)6)52(56)48(30-40)34(7)8/h9-20,24-25,27-34,57-58H,21-23,26,53-56H2,1-8H3. The van der Waals surface area contributed by atoms with E-state index in [4.69, 9.17) is 22.9 Å². The van der Waals surface area contributed by atoms with Crippen LogP contribution in [0.3, 0.4) is 0 Å². The highest BCUT2D eigenvalue weighted by molar-refractivity contribution is 5.65. The van der Waals surface area contributed by atoms with Crippen LogP contribution in [0.25, 0.3) is 0 Å². The van der Waals surface area contributed by atoms with Crippen LogP contribution in [0.15, 0.2) is 109 Å². The highest BCUT2D eigenvalue weighted by Gasteiger charge is 2.17. The molecular formula is C52H64N6. The summed E-state index contributed by atoms with van der Waals surface area (Å²) in [5.41, 5.74) is 53.0. The van der Waals surface area contributed by atoms with Crippen molar-refractivity contribution in [2.24, 2.45) is 0 Å². The van der Waals surface area contributed by atoms with Crippen molar-refractivity contribution >= 4 is 34.1 Å². The van der Waals surface area contributed by atoms with Crippen molar-refractivity contribution in [3.8, 4) is 0 Å². The molecule has 6 aromatic rings. The van der Waals surface area contributed by atoms with Crippen LogP contribution in [0.2, 0.25) is 0 Å². The van der Waals surface area contributed by atoms with E-state index in [1.165, 1.54) is 66.8 Å². The van der Waals surface area contributed by atoms with Crippen molar-refractivity contribution in [2.75, 3.05) is 33.8 Å². The highest BCUT2D eigenvalue weighted by atomic mass is 15.4. The third-order valence-corrected chi connectivity index (χ3v) is 11.3. The summed E-state index contributed by atoms with van der Waals surface area (Å²) in [5, 5.41) is 0. The van der Waals surface area contributed by atoms with Crippen LogP contribution in [-0.4, -0.2) is 0 Å². The minimum absolute atomic E-state index is 0.325. The number of anilines is 6. The van der Waals surface area contributed by atoms with Gasteiger partial charge in [0.1, 0.15) is 0 Å². The van der Waals surface area contributed by atoms with E-state index in [1.54, 1.807) is 0 Å². The monoisotopic (exact) mass is 773 g/mol. The number of benzene rings is 6. The van der Waals surface area contributed by atoms with E-state index in [9.17, 15) is 0 Å². The topological polar surface area (TPSA) is 128 Å². The van der Waals surface area contributed by atoms with Gasteiger partial charge in [-0.15, -0.1) is 0 Å². The Hall–Kier alpha value is -5.88.